The Kier molecular flexibility index (Phi) is 3.91. The van der Waals surface area contributed by atoms with Crippen LogP contribution in [0.5, 0.6) is 5.75 Å². The van der Waals surface area contributed by atoms with Gasteiger partial charge in [0, 0.05) is 19.0 Å². The predicted octanol–water partition coefficient (Wildman–Crippen LogP) is 2.35. The zero-order chi connectivity index (χ0) is 14.8. The first-order valence-electron chi connectivity index (χ1n) is 6.02. The zero-order valence-electron chi connectivity index (χ0n) is 10.5. The van der Waals surface area contributed by atoms with Gasteiger partial charge in [0.25, 0.3) is 5.91 Å². The molecule has 1 amide bonds. The van der Waals surface area contributed by atoms with Crippen LogP contribution in [0, 0.1) is 0 Å². The van der Waals surface area contributed by atoms with E-state index < -0.39 is 12.6 Å². The Morgan fingerprint density at radius 3 is 2.85 bits per heavy atom. The van der Waals surface area contributed by atoms with Gasteiger partial charge in [0.1, 0.15) is 5.75 Å². The van der Waals surface area contributed by atoms with Gasteiger partial charge in [-0.05, 0) is 12.5 Å². The molecule has 0 spiro atoms. The minimum absolute atomic E-state index is 0.0527. The molecule has 2 rings (SSSR count). The highest BCUT2D eigenvalue weighted by molar-refractivity contribution is 5.97. The zero-order valence-corrected chi connectivity index (χ0v) is 10.5. The lowest BCUT2D eigenvalue weighted by molar-refractivity contribution is -0.134. The number of rotatable bonds is 4. The number of hydrogen-bond donors (Lipinski definition) is 3. The predicted molar refractivity (Wildman–Crippen MR) is 68.8 cm³/mol. The van der Waals surface area contributed by atoms with Gasteiger partial charge in [-0.1, -0.05) is 0 Å². The second-order valence-electron chi connectivity index (χ2n) is 4.42. The first kappa shape index (κ1) is 14.3. The number of amides is 1. The molecule has 5 nitrogen and oxygen atoms in total. The van der Waals surface area contributed by atoms with Crippen LogP contribution in [0.4, 0.5) is 30.2 Å². The van der Waals surface area contributed by atoms with Crippen LogP contribution in [0.1, 0.15) is 12.8 Å². The third-order valence-corrected chi connectivity index (χ3v) is 2.74. The maximum atomic E-state index is 12.0. The number of carbonyl (C=O) groups is 1. The number of nitrogen functional groups attached to an aromatic ring is 1. The second kappa shape index (κ2) is 5.48. The summed E-state index contributed by atoms with van der Waals surface area (Å²) in [6.45, 7) is 0.0576. The lowest BCUT2D eigenvalue weighted by Gasteiger charge is -2.20. The fourth-order valence-electron chi connectivity index (χ4n) is 1.81. The Morgan fingerprint density at radius 1 is 1.40 bits per heavy atom. The van der Waals surface area contributed by atoms with Gasteiger partial charge >= 0.3 is 6.18 Å². The van der Waals surface area contributed by atoms with E-state index >= 15 is 0 Å². The van der Waals surface area contributed by atoms with Crippen LogP contribution >= 0.6 is 0 Å². The Labute approximate surface area is 113 Å². The molecule has 0 saturated heterocycles. The number of ether oxygens (including phenoxy) is 1. The van der Waals surface area contributed by atoms with E-state index in [0.29, 0.717) is 22.8 Å². The largest absolute Gasteiger partial charge is 0.482 e. The quantitative estimate of drug-likeness (QED) is 0.587. The summed E-state index contributed by atoms with van der Waals surface area (Å²) < 4.78 is 41.2. The van der Waals surface area contributed by atoms with Gasteiger partial charge in [0.15, 0.2) is 6.61 Å². The van der Waals surface area contributed by atoms with E-state index in [2.05, 4.69) is 10.6 Å². The van der Waals surface area contributed by atoms with E-state index in [1.165, 1.54) is 6.07 Å². The van der Waals surface area contributed by atoms with Crippen LogP contribution in [0.25, 0.3) is 0 Å². The summed E-state index contributed by atoms with van der Waals surface area (Å²) in [4.78, 5) is 11.2. The van der Waals surface area contributed by atoms with Crippen molar-refractivity contribution in [3.63, 3.8) is 0 Å². The third kappa shape index (κ3) is 3.69. The first-order chi connectivity index (χ1) is 9.35. The SMILES string of the molecule is Nc1cc2c(cc1NCCCC(F)(F)F)NC(=O)CO2. The maximum absolute atomic E-state index is 12.0. The summed E-state index contributed by atoms with van der Waals surface area (Å²) in [6.07, 6.45) is -5.07. The number of fused-ring (bicyclic) bond motifs is 1. The Morgan fingerprint density at radius 2 is 2.15 bits per heavy atom. The second-order valence-corrected chi connectivity index (χ2v) is 4.42. The van der Waals surface area contributed by atoms with Gasteiger partial charge in [-0.15, -0.1) is 0 Å². The highest BCUT2D eigenvalue weighted by atomic mass is 19.4. The molecule has 0 radical (unpaired) electrons. The van der Waals surface area contributed by atoms with Crippen LogP contribution in [0.15, 0.2) is 12.1 Å². The Bertz CT molecular complexity index is 517. The van der Waals surface area contributed by atoms with Crippen LogP contribution in [0.3, 0.4) is 0 Å². The molecule has 1 aliphatic rings. The van der Waals surface area contributed by atoms with E-state index in [1.54, 1.807) is 6.07 Å². The Balaban J connectivity index is 1.98. The van der Waals surface area contributed by atoms with Crippen molar-refractivity contribution >= 4 is 23.0 Å². The lowest BCUT2D eigenvalue weighted by Crippen LogP contribution is -2.25. The molecule has 8 heteroatoms. The number of alkyl halides is 3. The van der Waals surface area contributed by atoms with E-state index in [1.807, 2.05) is 0 Å². The van der Waals surface area contributed by atoms with Crippen molar-refractivity contribution < 1.29 is 22.7 Å². The molecule has 0 fully saturated rings. The molecule has 0 saturated carbocycles. The normalized spacial score (nSPS) is 14.2. The van der Waals surface area contributed by atoms with Gasteiger partial charge < -0.3 is 21.1 Å². The summed E-state index contributed by atoms with van der Waals surface area (Å²) in [5.74, 6) is 0.160. The molecule has 0 bridgehead atoms. The van der Waals surface area contributed by atoms with Crippen molar-refractivity contribution in [2.45, 2.75) is 19.0 Å². The maximum Gasteiger partial charge on any atom is 0.389 e. The van der Waals surface area contributed by atoms with Crippen LogP contribution < -0.4 is 21.1 Å². The van der Waals surface area contributed by atoms with E-state index in [9.17, 15) is 18.0 Å². The summed E-state index contributed by atoms with van der Waals surface area (Å²) in [6, 6.07) is 3.08. The Hall–Kier alpha value is -2.12. The molecule has 0 unspecified atom stereocenters. The molecule has 4 N–H and O–H groups in total. The smallest absolute Gasteiger partial charge is 0.389 e. The molecular weight excluding hydrogens is 275 g/mol. The van der Waals surface area contributed by atoms with Crippen LogP contribution in [-0.2, 0) is 4.79 Å². The molecule has 1 aromatic rings. The summed E-state index contributed by atoms with van der Waals surface area (Å²) in [5.41, 5.74) is 7.05. The molecule has 1 aliphatic heterocycles. The molecule has 0 atom stereocenters. The van der Waals surface area contributed by atoms with Crippen molar-refractivity contribution in [2.24, 2.45) is 0 Å². The van der Waals surface area contributed by atoms with Gasteiger partial charge in [-0.3, -0.25) is 4.79 Å². The monoisotopic (exact) mass is 289 g/mol. The molecule has 110 valence electrons. The van der Waals surface area contributed by atoms with Crippen molar-refractivity contribution in [1.29, 1.82) is 0 Å². The first-order valence-corrected chi connectivity index (χ1v) is 6.02. The number of anilines is 3. The molecule has 0 aromatic heterocycles. The average Bonchev–Trinajstić information content (AvgIpc) is 2.34. The van der Waals surface area contributed by atoms with Crippen LogP contribution in [0.2, 0.25) is 0 Å². The van der Waals surface area contributed by atoms with Crippen molar-refractivity contribution in [1.82, 2.24) is 0 Å². The summed E-state index contributed by atoms with van der Waals surface area (Å²) in [5, 5.41) is 5.42. The number of nitrogens with two attached hydrogens (primary N) is 1. The van der Waals surface area contributed by atoms with Gasteiger partial charge in [-0.2, -0.15) is 13.2 Å². The highest BCUT2D eigenvalue weighted by Gasteiger charge is 2.26. The van der Waals surface area contributed by atoms with Crippen LogP contribution in [-0.4, -0.2) is 25.2 Å². The number of carbonyl (C=O) groups excluding carboxylic acids is 1. The molecule has 0 aliphatic carbocycles. The number of hydrogen-bond acceptors (Lipinski definition) is 4. The number of halogens is 3. The summed E-state index contributed by atoms with van der Waals surface area (Å²) >= 11 is 0. The van der Waals surface area contributed by atoms with Gasteiger partial charge in [0.2, 0.25) is 0 Å². The molecular formula is C12H14F3N3O2. The fourth-order valence-corrected chi connectivity index (χ4v) is 1.81. The minimum Gasteiger partial charge on any atom is -0.482 e. The number of benzene rings is 1. The van der Waals surface area contributed by atoms with Gasteiger partial charge in [-0.25, -0.2) is 0 Å². The topological polar surface area (TPSA) is 76.4 Å². The fraction of sp³-hybridized carbons (Fsp3) is 0.417. The summed E-state index contributed by atoms with van der Waals surface area (Å²) in [7, 11) is 0. The molecule has 20 heavy (non-hydrogen) atoms. The molecule has 1 aromatic carbocycles. The average molecular weight is 289 g/mol. The third-order valence-electron chi connectivity index (χ3n) is 2.74. The van der Waals surface area contributed by atoms with E-state index in [4.69, 9.17) is 10.5 Å². The number of nitrogens with one attached hydrogen (secondary N) is 2. The van der Waals surface area contributed by atoms with Crippen molar-refractivity contribution in [3.05, 3.63) is 12.1 Å². The van der Waals surface area contributed by atoms with E-state index in [-0.39, 0.29) is 25.5 Å². The molecule has 1 heterocycles. The van der Waals surface area contributed by atoms with Crippen molar-refractivity contribution in [3.8, 4) is 5.75 Å². The standard InChI is InChI=1S/C12H14F3N3O2/c13-12(14,15)2-1-3-17-8-5-9-10(4-7(8)16)20-6-11(19)18-9/h4-5,17H,1-3,6,16H2,(H,18,19). The minimum atomic E-state index is -4.16. The van der Waals surface area contributed by atoms with Gasteiger partial charge in [0.05, 0.1) is 17.1 Å². The van der Waals surface area contributed by atoms with E-state index in [0.717, 1.165) is 0 Å². The lowest BCUT2D eigenvalue weighted by atomic mass is 10.2. The highest BCUT2D eigenvalue weighted by Crippen LogP contribution is 2.35. The van der Waals surface area contributed by atoms with Crippen molar-refractivity contribution in [2.75, 3.05) is 29.5 Å².